The molecule has 2 aliphatic heterocycles. The number of benzene rings is 4. The number of hydrogen-bond acceptors (Lipinski definition) is 5. The first kappa shape index (κ1) is 25.0. The largest absolute Gasteiger partial charge is 0.488 e. The summed E-state index contributed by atoms with van der Waals surface area (Å²) in [6.07, 6.45) is 0.987. The second-order valence-corrected chi connectivity index (χ2v) is 11.1. The van der Waals surface area contributed by atoms with Gasteiger partial charge < -0.3 is 25.3 Å². The van der Waals surface area contributed by atoms with Crippen LogP contribution in [0.2, 0.25) is 0 Å². The van der Waals surface area contributed by atoms with Crippen molar-refractivity contribution in [3.8, 4) is 17.2 Å². The second kappa shape index (κ2) is 9.47. The lowest BCUT2D eigenvalue weighted by Gasteiger charge is -2.37. The van der Waals surface area contributed by atoms with E-state index in [-0.39, 0.29) is 11.5 Å². The molecule has 0 aliphatic carbocycles. The molecule has 2 heterocycles. The topological polar surface area (TPSA) is 82.8 Å². The van der Waals surface area contributed by atoms with Crippen molar-refractivity contribution in [1.82, 2.24) is 0 Å². The SMILES string of the molecule is CC(C)(C)Oc1ccc(CCC(=O)Nc2ccc3c(c2)Oc2cc(N)ccc2C32OCc3ccccc32)cc1. The lowest BCUT2D eigenvalue weighted by molar-refractivity contribution is -0.116. The van der Waals surface area contributed by atoms with E-state index in [0.717, 1.165) is 33.6 Å². The van der Waals surface area contributed by atoms with Crippen molar-refractivity contribution in [2.75, 3.05) is 11.1 Å². The molecule has 4 aromatic rings. The number of amides is 1. The fourth-order valence-electron chi connectivity index (χ4n) is 5.41. The van der Waals surface area contributed by atoms with E-state index < -0.39 is 5.60 Å². The molecule has 1 atom stereocenters. The van der Waals surface area contributed by atoms with Gasteiger partial charge in [-0.15, -0.1) is 0 Å². The predicted octanol–water partition coefficient (Wildman–Crippen LogP) is 6.95. The van der Waals surface area contributed by atoms with Crippen LogP contribution in [-0.2, 0) is 28.2 Å². The molecule has 0 saturated carbocycles. The Morgan fingerprint density at radius 2 is 1.64 bits per heavy atom. The highest BCUT2D eigenvalue weighted by Crippen LogP contribution is 2.56. The van der Waals surface area contributed by atoms with Gasteiger partial charge in [0.25, 0.3) is 0 Å². The van der Waals surface area contributed by atoms with Crippen LogP contribution in [0.25, 0.3) is 0 Å². The quantitative estimate of drug-likeness (QED) is 0.278. The van der Waals surface area contributed by atoms with Crippen LogP contribution in [-0.4, -0.2) is 11.5 Å². The summed E-state index contributed by atoms with van der Waals surface area (Å²) in [4.78, 5) is 12.8. The molecule has 0 fully saturated rings. The summed E-state index contributed by atoms with van der Waals surface area (Å²) in [5.41, 5.74) is 11.5. The van der Waals surface area contributed by atoms with Gasteiger partial charge in [0.2, 0.25) is 5.91 Å². The summed E-state index contributed by atoms with van der Waals surface area (Å²) in [5, 5.41) is 3.03. The molecule has 6 rings (SSSR count). The zero-order chi connectivity index (χ0) is 27.2. The summed E-state index contributed by atoms with van der Waals surface area (Å²) in [5.74, 6) is 2.04. The van der Waals surface area contributed by atoms with Crippen LogP contribution in [0.15, 0.2) is 84.9 Å². The monoisotopic (exact) mass is 520 g/mol. The molecular weight excluding hydrogens is 488 g/mol. The molecule has 198 valence electrons. The van der Waals surface area contributed by atoms with Gasteiger partial charge in [-0.05, 0) is 80.3 Å². The van der Waals surface area contributed by atoms with E-state index in [1.54, 1.807) is 0 Å². The average molecular weight is 521 g/mol. The molecule has 6 nitrogen and oxygen atoms in total. The van der Waals surface area contributed by atoms with E-state index in [9.17, 15) is 4.79 Å². The molecule has 1 spiro atoms. The number of nitrogens with one attached hydrogen (secondary N) is 1. The number of anilines is 2. The molecule has 0 aromatic heterocycles. The van der Waals surface area contributed by atoms with E-state index >= 15 is 0 Å². The minimum absolute atomic E-state index is 0.0670. The Bertz CT molecular complexity index is 1560. The number of aryl methyl sites for hydroxylation is 1. The second-order valence-electron chi connectivity index (χ2n) is 11.1. The third-order valence-corrected chi connectivity index (χ3v) is 7.08. The average Bonchev–Trinajstić information content (AvgIpc) is 3.27. The van der Waals surface area contributed by atoms with E-state index in [1.165, 1.54) is 0 Å². The summed E-state index contributed by atoms with van der Waals surface area (Å²) in [6, 6.07) is 27.6. The van der Waals surface area contributed by atoms with E-state index in [2.05, 4.69) is 17.4 Å². The maximum absolute atomic E-state index is 12.8. The third-order valence-electron chi connectivity index (χ3n) is 7.08. The standard InChI is InChI=1S/C33H32N2O4/c1-32(2,3)39-25-13-8-21(9-14-25)10-17-31(36)35-24-12-16-28-30(19-24)38-29-18-23(34)11-15-27(29)33(28)26-7-5-4-6-22(26)20-37-33/h4-9,11-16,18-19H,10,17,20,34H2,1-3H3,(H,35,36). The van der Waals surface area contributed by atoms with E-state index in [1.807, 2.05) is 93.6 Å². The van der Waals surface area contributed by atoms with Crippen molar-refractivity contribution in [2.45, 2.75) is 51.4 Å². The highest BCUT2D eigenvalue weighted by atomic mass is 16.5. The number of fused-ring (bicyclic) bond motifs is 6. The van der Waals surface area contributed by atoms with Crippen molar-refractivity contribution >= 4 is 17.3 Å². The van der Waals surface area contributed by atoms with Gasteiger partial charge in [-0.1, -0.05) is 36.4 Å². The predicted molar refractivity (Wildman–Crippen MR) is 152 cm³/mol. The lowest BCUT2D eigenvalue weighted by atomic mass is 9.77. The Labute approximate surface area is 228 Å². The molecule has 1 unspecified atom stereocenters. The summed E-state index contributed by atoms with van der Waals surface area (Å²) in [6.45, 7) is 6.56. The van der Waals surface area contributed by atoms with Crippen LogP contribution >= 0.6 is 0 Å². The smallest absolute Gasteiger partial charge is 0.224 e. The first-order chi connectivity index (χ1) is 18.7. The van der Waals surface area contributed by atoms with Crippen molar-refractivity contribution in [2.24, 2.45) is 0 Å². The molecule has 0 saturated heterocycles. The molecule has 3 N–H and O–H groups in total. The lowest BCUT2D eigenvalue weighted by Crippen LogP contribution is -2.32. The Morgan fingerprint density at radius 1 is 0.923 bits per heavy atom. The van der Waals surface area contributed by atoms with Crippen molar-refractivity contribution in [3.05, 3.63) is 113 Å². The Kier molecular flexibility index (Phi) is 6.07. The van der Waals surface area contributed by atoms with Crippen LogP contribution in [0, 0.1) is 0 Å². The number of hydrogen-bond donors (Lipinski definition) is 2. The van der Waals surface area contributed by atoms with Gasteiger partial charge in [-0.25, -0.2) is 0 Å². The first-order valence-corrected chi connectivity index (χ1v) is 13.2. The van der Waals surface area contributed by atoms with Crippen LogP contribution in [0.3, 0.4) is 0 Å². The fraction of sp³-hybridized carbons (Fsp3) is 0.242. The molecule has 6 heteroatoms. The maximum Gasteiger partial charge on any atom is 0.224 e. The number of nitrogen functional groups attached to an aromatic ring is 1. The van der Waals surface area contributed by atoms with E-state index in [0.29, 0.717) is 42.3 Å². The Morgan fingerprint density at radius 3 is 2.41 bits per heavy atom. The van der Waals surface area contributed by atoms with Crippen molar-refractivity contribution in [1.29, 1.82) is 0 Å². The van der Waals surface area contributed by atoms with Crippen molar-refractivity contribution < 1.29 is 19.0 Å². The Hall–Kier alpha value is -4.29. The number of nitrogens with two attached hydrogens (primary N) is 1. The number of rotatable bonds is 5. The van der Waals surface area contributed by atoms with Gasteiger partial charge in [-0.3, -0.25) is 4.79 Å². The zero-order valence-corrected chi connectivity index (χ0v) is 22.4. The fourth-order valence-corrected chi connectivity index (χ4v) is 5.41. The van der Waals surface area contributed by atoms with Gasteiger partial charge in [0.15, 0.2) is 5.60 Å². The number of ether oxygens (including phenoxy) is 3. The van der Waals surface area contributed by atoms with Crippen LogP contribution in [0.4, 0.5) is 11.4 Å². The van der Waals surface area contributed by atoms with Gasteiger partial charge >= 0.3 is 0 Å². The van der Waals surface area contributed by atoms with E-state index in [4.69, 9.17) is 19.9 Å². The molecule has 39 heavy (non-hydrogen) atoms. The van der Waals surface area contributed by atoms with Crippen LogP contribution < -0.4 is 20.5 Å². The molecule has 4 aromatic carbocycles. The van der Waals surface area contributed by atoms with Crippen LogP contribution in [0.5, 0.6) is 17.2 Å². The van der Waals surface area contributed by atoms with Gasteiger partial charge in [0, 0.05) is 41.1 Å². The number of carbonyl (C=O) groups excluding carboxylic acids is 1. The molecule has 1 amide bonds. The summed E-state index contributed by atoms with van der Waals surface area (Å²) >= 11 is 0. The minimum Gasteiger partial charge on any atom is -0.488 e. The van der Waals surface area contributed by atoms with Gasteiger partial charge in [0.05, 0.1) is 6.61 Å². The summed E-state index contributed by atoms with van der Waals surface area (Å²) < 4.78 is 18.8. The molecule has 0 bridgehead atoms. The van der Waals surface area contributed by atoms with Gasteiger partial charge in [-0.2, -0.15) is 0 Å². The normalized spacial score (nSPS) is 17.1. The minimum atomic E-state index is -0.793. The highest BCUT2D eigenvalue weighted by molar-refractivity contribution is 5.91. The van der Waals surface area contributed by atoms with Gasteiger partial charge in [0.1, 0.15) is 22.8 Å². The Balaban J connectivity index is 1.22. The summed E-state index contributed by atoms with van der Waals surface area (Å²) in [7, 11) is 0. The van der Waals surface area contributed by atoms with Crippen molar-refractivity contribution in [3.63, 3.8) is 0 Å². The number of carbonyl (C=O) groups is 1. The maximum atomic E-state index is 12.8. The molecular formula is C33H32N2O4. The highest BCUT2D eigenvalue weighted by Gasteiger charge is 2.49. The molecule has 0 radical (unpaired) electrons. The molecule has 2 aliphatic rings. The third kappa shape index (κ3) is 4.72. The zero-order valence-electron chi connectivity index (χ0n) is 22.4. The first-order valence-electron chi connectivity index (χ1n) is 13.2. The van der Waals surface area contributed by atoms with Crippen LogP contribution in [0.1, 0.15) is 55.0 Å².